The Labute approximate surface area is 106 Å². The van der Waals surface area contributed by atoms with Crippen LogP contribution in [0.4, 0.5) is 0 Å². The molecular formula is C15H28N2. The maximum absolute atomic E-state index is 3.52. The maximum atomic E-state index is 3.52. The number of nitrogens with zero attached hydrogens (tertiary/aromatic N) is 1. The molecule has 1 aromatic heterocycles. The Morgan fingerprint density at radius 2 is 2.06 bits per heavy atom. The lowest BCUT2D eigenvalue weighted by Gasteiger charge is -2.14. The van der Waals surface area contributed by atoms with E-state index in [0.29, 0.717) is 6.04 Å². The van der Waals surface area contributed by atoms with Crippen LogP contribution in [0, 0.1) is 5.92 Å². The zero-order valence-electron chi connectivity index (χ0n) is 11.9. The van der Waals surface area contributed by atoms with Crippen molar-refractivity contribution in [2.24, 2.45) is 5.92 Å². The van der Waals surface area contributed by atoms with Gasteiger partial charge in [-0.05, 0) is 43.4 Å². The van der Waals surface area contributed by atoms with Crippen molar-refractivity contribution in [2.75, 3.05) is 6.54 Å². The lowest BCUT2D eigenvalue weighted by Crippen LogP contribution is -2.19. The van der Waals surface area contributed by atoms with Crippen molar-refractivity contribution in [3.63, 3.8) is 0 Å². The zero-order valence-corrected chi connectivity index (χ0v) is 11.9. The van der Waals surface area contributed by atoms with Gasteiger partial charge in [0.1, 0.15) is 0 Å². The van der Waals surface area contributed by atoms with Gasteiger partial charge in [-0.3, -0.25) is 0 Å². The fourth-order valence-corrected chi connectivity index (χ4v) is 2.23. The van der Waals surface area contributed by atoms with Gasteiger partial charge in [0.15, 0.2) is 0 Å². The van der Waals surface area contributed by atoms with E-state index in [2.05, 4.69) is 56.0 Å². The third kappa shape index (κ3) is 4.95. The molecule has 0 saturated heterocycles. The van der Waals surface area contributed by atoms with E-state index >= 15 is 0 Å². The van der Waals surface area contributed by atoms with E-state index in [1.54, 1.807) is 0 Å². The Bertz CT molecular complexity index is 302. The summed E-state index contributed by atoms with van der Waals surface area (Å²) >= 11 is 0. The molecule has 98 valence electrons. The first-order valence-electron chi connectivity index (χ1n) is 7.06. The monoisotopic (exact) mass is 236 g/mol. The number of rotatable bonds is 8. The van der Waals surface area contributed by atoms with E-state index in [9.17, 15) is 0 Å². The average Bonchev–Trinajstić information content (AvgIpc) is 2.74. The van der Waals surface area contributed by atoms with Crippen LogP contribution in [0.15, 0.2) is 18.5 Å². The molecule has 0 saturated carbocycles. The van der Waals surface area contributed by atoms with Crippen molar-refractivity contribution in [3.8, 4) is 0 Å². The summed E-state index contributed by atoms with van der Waals surface area (Å²) in [7, 11) is 0. The second-order valence-corrected chi connectivity index (χ2v) is 5.24. The van der Waals surface area contributed by atoms with Gasteiger partial charge in [0.2, 0.25) is 0 Å². The maximum Gasteiger partial charge on any atom is 0.0332 e. The highest BCUT2D eigenvalue weighted by Gasteiger charge is 2.08. The van der Waals surface area contributed by atoms with E-state index in [1.807, 2.05) is 0 Å². The van der Waals surface area contributed by atoms with Gasteiger partial charge in [0, 0.05) is 25.0 Å². The Morgan fingerprint density at radius 1 is 1.29 bits per heavy atom. The summed E-state index contributed by atoms with van der Waals surface area (Å²) in [6.45, 7) is 11.2. The molecule has 0 bridgehead atoms. The van der Waals surface area contributed by atoms with Crippen LogP contribution in [0.25, 0.3) is 0 Å². The molecule has 0 amide bonds. The van der Waals surface area contributed by atoms with E-state index in [0.717, 1.165) is 25.4 Å². The number of nitrogens with one attached hydrogen (secondary N) is 1. The summed E-state index contributed by atoms with van der Waals surface area (Å²) in [6.07, 6.45) is 8.28. The number of aromatic nitrogens is 1. The van der Waals surface area contributed by atoms with E-state index in [-0.39, 0.29) is 0 Å². The molecule has 2 nitrogen and oxygen atoms in total. The minimum absolute atomic E-state index is 0.520. The van der Waals surface area contributed by atoms with Gasteiger partial charge in [0.05, 0.1) is 0 Å². The standard InChI is InChI=1S/C15H28N2/c1-5-15(16-6-2)14-9-11-17(12-14)10-7-8-13(3)4/h9,11-13,15-16H,5-8,10H2,1-4H3. The predicted molar refractivity (Wildman–Crippen MR) is 75.2 cm³/mol. The normalized spacial score (nSPS) is 13.2. The minimum atomic E-state index is 0.520. The summed E-state index contributed by atoms with van der Waals surface area (Å²) in [5, 5.41) is 3.52. The summed E-state index contributed by atoms with van der Waals surface area (Å²) in [6, 6.07) is 2.78. The van der Waals surface area contributed by atoms with Crippen LogP contribution < -0.4 is 5.32 Å². The second-order valence-electron chi connectivity index (χ2n) is 5.24. The summed E-state index contributed by atoms with van der Waals surface area (Å²) in [5.41, 5.74) is 1.43. The predicted octanol–water partition coefficient (Wildman–Crippen LogP) is 3.98. The number of hydrogen-bond acceptors (Lipinski definition) is 1. The highest BCUT2D eigenvalue weighted by molar-refractivity contribution is 5.15. The lowest BCUT2D eigenvalue weighted by molar-refractivity contribution is 0.508. The van der Waals surface area contributed by atoms with Crippen LogP contribution in [0.3, 0.4) is 0 Å². The first-order chi connectivity index (χ1) is 8.17. The van der Waals surface area contributed by atoms with Gasteiger partial charge in [-0.25, -0.2) is 0 Å². The molecule has 1 heterocycles. The second kappa shape index (κ2) is 7.54. The Kier molecular flexibility index (Phi) is 6.35. The van der Waals surface area contributed by atoms with Gasteiger partial charge >= 0.3 is 0 Å². The molecule has 0 aliphatic carbocycles. The number of hydrogen-bond donors (Lipinski definition) is 1. The molecule has 0 fully saturated rings. The molecule has 2 heteroatoms. The van der Waals surface area contributed by atoms with Crippen LogP contribution in [-0.2, 0) is 6.54 Å². The largest absolute Gasteiger partial charge is 0.354 e. The van der Waals surface area contributed by atoms with Crippen molar-refractivity contribution in [2.45, 2.75) is 59.5 Å². The molecule has 1 aromatic rings. The average molecular weight is 236 g/mol. The first kappa shape index (κ1) is 14.3. The van der Waals surface area contributed by atoms with Crippen molar-refractivity contribution in [1.82, 2.24) is 9.88 Å². The minimum Gasteiger partial charge on any atom is -0.354 e. The smallest absolute Gasteiger partial charge is 0.0332 e. The third-order valence-corrected chi connectivity index (χ3v) is 3.23. The zero-order chi connectivity index (χ0) is 12.7. The Morgan fingerprint density at radius 3 is 2.65 bits per heavy atom. The van der Waals surface area contributed by atoms with Gasteiger partial charge in [-0.1, -0.05) is 27.7 Å². The Balaban J connectivity index is 2.46. The van der Waals surface area contributed by atoms with Gasteiger partial charge < -0.3 is 9.88 Å². The van der Waals surface area contributed by atoms with E-state index in [1.165, 1.54) is 18.4 Å². The highest BCUT2D eigenvalue weighted by atomic mass is 15.0. The topological polar surface area (TPSA) is 17.0 Å². The molecule has 0 aliphatic heterocycles. The summed E-state index contributed by atoms with van der Waals surface area (Å²) in [5.74, 6) is 0.815. The van der Waals surface area contributed by atoms with Crippen LogP contribution in [-0.4, -0.2) is 11.1 Å². The van der Waals surface area contributed by atoms with Crippen molar-refractivity contribution in [3.05, 3.63) is 24.0 Å². The first-order valence-corrected chi connectivity index (χ1v) is 7.06. The third-order valence-electron chi connectivity index (χ3n) is 3.23. The quantitative estimate of drug-likeness (QED) is 0.722. The summed E-state index contributed by atoms with van der Waals surface area (Å²) in [4.78, 5) is 0. The highest BCUT2D eigenvalue weighted by Crippen LogP contribution is 2.17. The molecule has 1 N–H and O–H groups in total. The molecule has 0 spiro atoms. The van der Waals surface area contributed by atoms with Crippen LogP contribution in [0.5, 0.6) is 0 Å². The van der Waals surface area contributed by atoms with Crippen LogP contribution in [0.2, 0.25) is 0 Å². The Hall–Kier alpha value is -0.760. The van der Waals surface area contributed by atoms with E-state index < -0.39 is 0 Å². The molecule has 1 unspecified atom stereocenters. The fourth-order valence-electron chi connectivity index (χ4n) is 2.23. The van der Waals surface area contributed by atoms with Gasteiger partial charge in [0.25, 0.3) is 0 Å². The van der Waals surface area contributed by atoms with Gasteiger partial charge in [-0.15, -0.1) is 0 Å². The summed E-state index contributed by atoms with van der Waals surface area (Å²) < 4.78 is 2.33. The van der Waals surface area contributed by atoms with Crippen LogP contribution in [0.1, 0.15) is 58.6 Å². The number of aryl methyl sites for hydroxylation is 1. The van der Waals surface area contributed by atoms with Crippen molar-refractivity contribution in [1.29, 1.82) is 0 Å². The molecule has 17 heavy (non-hydrogen) atoms. The van der Waals surface area contributed by atoms with Gasteiger partial charge in [-0.2, -0.15) is 0 Å². The molecule has 1 rings (SSSR count). The molecule has 0 aliphatic rings. The van der Waals surface area contributed by atoms with Crippen LogP contribution >= 0.6 is 0 Å². The van der Waals surface area contributed by atoms with Crippen molar-refractivity contribution >= 4 is 0 Å². The van der Waals surface area contributed by atoms with Crippen molar-refractivity contribution < 1.29 is 0 Å². The lowest BCUT2D eigenvalue weighted by atomic mass is 10.1. The molecule has 1 atom stereocenters. The van der Waals surface area contributed by atoms with E-state index in [4.69, 9.17) is 0 Å². The SMILES string of the molecule is CCNC(CC)c1ccn(CCCC(C)C)c1. The molecular weight excluding hydrogens is 208 g/mol. The fraction of sp³-hybridized carbons (Fsp3) is 0.733. The molecule has 0 radical (unpaired) electrons. The molecule has 0 aromatic carbocycles.